The van der Waals surface area contributed by atoms with Crippen LogP contribution in [0, 0.1) is 5.82 Å². The van der Waals surface area contributed by atoms with Gasteiger partial charge in [-0.25, -0.2) is 14.2 Å². The Bertz CT molecular complexity index is 293. The Morgan fingerprint density at radius 3 is 2.54 bits per heavy atom. The van der Waals surface area contributed by atoms with Crippen LogP contribution in [0.4, 0.5) is 4.39 Å². The van der Waals surface area contributed by atoms with Gasteiger partial charge in [0.1, 0.15) is 5.82 Å². The number of halogens is 2. The lowest BCUT2D eigenvalue weighted by Gasteiger charge is -2.17. The summed E-state index contributed by atoms with van der Waals surface area (Å²) < 4.78 is 12.0. The van der Waals surface area contributed by atoms with Gasteiger partial charge >= 0.3 is 0 Å². The van der Waals surface area contributed by atoms with Crippen LogP contribution in [-0.2, 0) is 14.3 Å². The Morgan fingerprint density at radius 1 is 1.31 bits per heavy atom. The summed E-state index contributed by atoms with van der Waals surface area (Å²) in [5.41, 5.74) is 0.867. The van der Waals surface area contributed by atoms with Gasteiger partial charge in [-0.15, -0.1) is 0 Å². The van der Waals surface area contributed by atoms with Crippen molar-refractivity contribution in [2.24, 2.45) is 0 Å². The fourth-order valence-electron chi connectivity index (χ4n) is 1.24. The van der Waals surface area contributed by atoms with Crippen molar-refractivity contribution in [3.63, 3.8) is 0 Å². The molecule has 1 aromatic carbocycles. The van der Waals surface area contributed by atoms with E-state index >= 15 is 0 Å². The second kappa shape index (κ2) is 3.36. The van der Waals surface area contributed by atoms with E-state index in [1.54, 1.807) is 12.1 Å². The van der Waals surface area contributed by atoms with Crippen LogP contribution in [0.1, 0.15) is 12.0 Å². The molecule has 1 atom stereocenters. The molecule has 70 valence electrons. The molecule has 1 aliphatic rings. The minimum absolute atomic E-state index is 0.251. The van der Waals surface area contributed by atoms with E-state index in [9.17, 15) is 4.39 Å². The highest BCUT2D eigenvalue weighted by Gasteiger charge is 2.36. The molecule has 0 aromatic heterocycles. The molecule has 1 heterocycles. The molecular weight excluding hydrogens is 239 g/mol. The molecule has 2 nitrogen and oxygen atoms in total. The summed E-state index contributed by atoms with van der Waals surface area (Å²) in [7, 11) is 0. The zero-order valence-corrected chi connectivity index (χ0v) is 8.38. The Kier molecular flexibility index (Phi) is 2.36. The van der Waals surface area contributed by atoms with Crippen LogP contribution in [0.25, 0.3) is 0 Å². The first-order valence-electron chi connectivity index (χ1n) is 3.96. The van der Waals surface area contributed by atoms with Crippen molar-refractivity contribution in [2.75, 3.05) is 6.61 Å². The molecule has 0 spiro atoms. The van der Waals surface area contributed by atoms with Gasteiger partial charge in [0.15, 0.2) is 4.51 Å². The van der Waals surface area contributed by atoms with Crippen LogP contribution >= 0.6 is 15.9 Å². The average Bonchev–Trinajstić information content (AvgIpc) is 2.54. The lowest BCUT2D eigenvalue weighted by molar-refractivity contribution is -0.285. The Balaban J connectivity index is 2.29. The van der Waals surface area contributed by atoms with Crippen molar-refractivity contribution in [3.05, 3.63) is 35.6 Å². The smallest absolute Gasteiger partial charge is 0.185 e. The summed E-state index contributed by atoms with van der Waals surface area (Å²) >= 11 is 3.41. The fourth-order valence-corrected chi connectivity index (χ4v) is 1.76. The molecule has 1 unspecified atom stereocenters. The van der Waals surface area contributed by atoms with Crippen molar-refractivity contribution < 1.29 is 14.2 Å². The molecule has 1 aliphatic heterocycles. The third-order valence-corrected chi connectivity index (χ3v) is 2.96. The Hall–Kier alpha value is -0.450. The summed E-state index contributed by atoms with van der Waals surface area (Å²) in [6, 6.07) is 6.16. The normalized spacial score (nSPS) is 27.8. The number of benzene rings is 1. The van der Waals surface area contributed by atoms with Gasteiger partial charge in [0.25, 0.3) is 0 Å². The molecule has 0 amide bonds. The summed E-state index contributed by atoms with van der Waals surface area (Å²) in [4.78, 5) is 9.86. The first-order chi connectivity index (χ1) is 6.21. The van der Waals surface area contributed by atoms with Gasteiger partial charge in [-0.2, -0.15) is 0 Å². The van der Waals surface area contributed by atoms with E-state index in [4.69, 9.17) is 9.78 Å². The van der Waals surface area contributed by atoms with Crippen LogP contribution in [0.2, 0.25) is 0 Å². The summed E-state index contributed by atoms with van der Waals surface area (Å²) in [6.07, 6.45) is 0.721. The van der Waals surface area contributed by atoms with Crippen LogP contribution in [0.5, 0.6) is 0 Å². The summed E-state index contributed by atoms with van der Waals surface area (Å²) in [6.45, 7) is 0.544. The molecule has 0 radical (unpaired) electrons. The zero-order chi connectivity index (χ0) is 9.31. The maximum atomic E-state index is 12.6. The van der Waals surface area contributed by atoms with Crippen molar-refractivity contribution in [3.8, 4) is 0 Å². The van der Waals surface area contributed by atoms with Crippen molar-refractivity contribution in [1.29, 1.82) is 0 Å². The maximum absolute atomic E-state index is 12.6. The molecular formula is C9H8BrFO2. The predicted octanol–water partition coefficient (Wildman–Crippen LogP) is 2.73. The molecule has 1 aromatic rings. The monoisotopic (exact) mass is 246 g/mol. The zero-order valence-electron chi connectivity index (χ0n) is 6.80. The summed E-state index contributed by atoms with van der Waals surface area (Å²) in [5, 5.41) is 0. The van der Waals surface area contributed by atoms with Gasteiger partial charge < -0.3 is 0 Å². The molecule has 0 saturated carbocycles. The van der Waals surface area contributed by atoms with E-state index < -0.39 is 4.51 Å². The van der Waals surface area contributed by atoms with Gasteiger partial charge in [-0.1, -0.05) is 12.1 Å². The minimum Gasteiger partial charge on any atom is -0.235 e. The number of alkyl halides is 1. The lowest BCUT2D eigenvalue weighted by Crippen LogP contribution is -2.15. The van der Waals surface area contributed by atoms with Crippen LogP contribution in [0.15, 0.2) is 24.3 Å². The highest BCUT2D eigenvalue weighted by molar-refractivity contribution is 9.09. The highest BCUT2D eigenvalue weighted by atomic mass is 79.9. The second-order valence-corrected chi connectivity index (χ2v) is 4.17. The molecule has 2 rings (SSSR count). The molecule has 13 heavy (non-hydrogen) atoms. The van der Waals surface area contributed by atoms with Gasteiger partial charge in [0.05, 0.1) is 6.61 Å². The summed E-state index contributed by atoms with van der Waals surface area (Å²) in [5.74, 6) is -0.251. The van der Waals surface area contributed by atoms with E-state index in [1.807, 2.05) is 0 Å². The van der Waals surface area contributed by atoms with Gasteiger partial charge in [0.2, 0.25) is 0 Å². The molecule has 1 fully saturated rings. The standard InChI is InChI=1S/C9H8BrFO2/c10-9(5-6-12-13-9)7-1-3-8(11)4-2-7/h1-4H,5-6H2. The highest BCUT2D eigenvalue weighted by Crippen LogP contribution is 2.40. The van der Waals surface area contributed by atoms with Gasteiger partial charge in [-0.3, -0.25) is 0 Å². The van der Waals surface area contributed by atoms with E-state index in [2.05, 4.69) is 15.9 Å². The van der Waals surface area contributed by atoms with E-state index in [1.165, 1.54) is 12.1 Å². The fraction of sp³-hybridized carbons (Fsp3) is 0.333. The molecule has 0 N–H and O–H groups in total. The van der Waals surface area contributed by atoms with Gasteiger partial charge in [-0.05, 0) is 33.6 Å². The third-order valence-electron chi connectivity index (χ3n) is 1.97. The average molecular weight is 247 g/mol. The topological polar surface area (TPSA) is 18.5 Å². The van der Waals surface area contributed by atoms with E-state index in [0.717, 1.165) is 12.0 Å². The predicted molar refractivity (Wildman–Crippen MR) is 48.7 cm³/mol. The van der Waals surface area contributed by atoms with Crippen molar-refractivity contribution in [2.45, 2.75) is 10.9 Å². The number of hydrogen-bond donors (Lipinski definition) is 0. The van der Waals surface area contributed by atoms with E-state index in [-0.39, 0.29) is 5.82 Å². The lowest BCUT2D eigenvalue weighted by atomic mass is 10.1. The Labute approximate surface area is 83.7 Å². The molecule has 0 bridgehead atoms. The Morgan fingerprint density at radius 2 is 2.00 bits per heavy atom. The third kappa shape index (κ3) is 1.75. The largest absolute Gasteiger partial charge is 0.235 e. The van der Waals surface area contributed by atoms with Crippen LogP contribution < -0.4 is 0 Å². The minimum atomic E-state index is -0.597. The first-order valence-corrected chi connectivity index (χ1v) is 4.76. The number of hydrogen-bond acceptors (Lipinski definition) is 2. The van der Waals surface area contributed by atoms with Crippen LogP contribution in [0.3, 0.4) is 0 Å². The second-order valence-electron chi connectivity index (χ2n) is 2.89. The van der Waals surface area contributed by atoms with Crippen LogP contribution in [-0.4, -0.2) is 6.61 Å². The quantitative estimate of drug-likeness (QED) is 0.561. The van der Waals surface area contributed by atoms with E-state index in [0.29, 0.717) is 6.61 Å². The molecule has 4 heteroatoms. The van der Waals surface area contributed by atoms with Crippen molar-refractivity contribution in [1.82, 2.24) is 0 Å². The SMILES string of the molecule is Fc1ccc(C2(Br)CCOO2)cc1. The van der Waals surface area contributed by atoms with Crippen molar-refractivity contribution >= 4 is 15.9 Å². The molecule has 0 aliphatic carbocycles. The number of rotatable bonds is 1. The first kappa shape index (κ1) is 9.12. The molecule has 1 saturated heterocycles. The van der Waals surface area contributed by atoms with Gasteiger partial charge in [0, 0.05) is 6.42 Å². The maximum Gasteiger partial charge on any atom is 0.185 e.